The number of anilines is 4. The standard InChI is InChI=1S/C23H27N7O4/c1-31-18-13-16(14-19(32-2)20(18)33-3)15-24-29-22-26-21(25-17-7-5-4-6-8-17)27-23(28-22)30-9-11-34-12-10-30/h4-8,13-15H,9-12H2,1-3H3,(H2,25,26,27,28,29)/b24-15+. The van der Waals surface area contributed by atoms with Crippen LogP contribution in [0.5, 0.6) is 17.2 Å². The van der Waals surface area contributed by atoms with Gasteiger partial charge in [0.1, 0.15) is 0 Å². The van der Waals surface area contributed by atoms with E-state index in [4.69, 9.17) is 18.9 Å². The molecule has 0 bridgehead atoms. The van der Waals surface area contributed by atoms with Crippen molar-refractivity contribution in [3.05, 3.63) is 48.0 Å². The summed E-state index contributed by atoms with van der Waals surface area (Å²) in [6, 6.07) is 13.3. The third-order valence-electron chi connectivity index (χ3n) is 5.01. The molecule has 0 spiro atoms. The van der Waals surface area contributed by atoms with Gasteiger partial charge in [-0.1, -0.05) is 18.2 Å². The summed E-state index contributed by atoms with van der Waals surface area (Å²) in [6.07, 6.45) is 1.62. The van der Waals surface area contributed by atoms with E-state index >= 15 is 0 Å². The van der Waals surface area contributed by atoms with Crippen molar-refractivity contribution in [1.29, 1.82) is 0 Å². The highest BCUT2D eigenvalue weighted by Gasteiger charge is 2.17. The number of ether oxygens (including phenoxy) is 4. The van der Waals surface area contributed by atoms with Crippen LogP contribution in [0.1, 0.15) is 5.56 Å². The highest BCUT2D eigenvalue weighted by molar-refractivity contribution is 5.83. The molecule has 1 aliphatic heterocycles. The summed E-state index contributed by atoms with van der Waals surface area (Å²) in [5.74, 6) is 2.84. The van der Waals surface area contributed by atoms with E-state index in [1.54, 1.807) is 39.7 Å². The monoisotopic (exact) mass is 465 g/mol. The molecule has 0 aliphatic carbocycles. The molecule has 2 heterocycles. The van der Waals surface area contributed by atoms with Gasteiger partial charge in [-0.15, -0.1) is 0 Å². The molecule has 178 valence electrons. The molecule has 1 aromatic heterocycles. The van der Waals surface area contributed by atoms with Gasteiger partial charge in [0.25, 0.3) is 0 Å². The third-order valence-corrected chi connectivity index (χ3v) is 5.01. The Labute approximate surface area is 197 Å². The Bertz CT molecular complexity index is 1100. The Kier molecular flexibility index (Phi) is 7.56. The van der Waals surface area contributed by atoms with Crippen molar-refractivity contribution in [1.82, 2.24) is 15.0 Å². The van der Waals surface area contributed by atoms with Gasteiger partial charge in [-0.05, 0) is 24.3 Å². The van der Waals surface area contributed by atoms with E-state index in [1.807, 2.05) is 30.3 Å². The molecule has 34 heavy (non-hydrogen) atoms. The van der Waals surface area contributed by atoms with E-state index < -0.39 is 0 Å². The molecule has 2 N–H and O–H groups in total. The number of hydrogen-bond donors (Lipinski definition) is 2. The molecule has 0 unspecified atom stereocenters. The number of hydrogen-bond acceptors (Lipinski definition) is 11. The Morgan fingerprint density at radius 3 is 2.24 bits per heavy atom. The lowest BCUT2D eigenvalue weighted by Crippen LogP contribution is -2.37. The van der Waals surface area contributed by atoms with E-state index in [9.17, 15) is 0 Å². The fourth-order valence-corrected chi connectivity index (χ4v) is 3.37. The first-order valence-corrected chi connectivity index (χ1v) is 10.7. The lowest BCUT2D eigenvalue weighted by molar-refractivity contribution is 0.122. The van der Waals surface area contributed by atoms with Crippen molar-refractivity contribution < 1.29 is 18.9 Å². The van der Waals surface area contributed by atoms with Crippen LogP contribution >= 0.6 is 0 Å². The van der Waals surface area contributed by atoms with E-state index in [-0.39, 0.29) is 0 Å². The molecule has 3 aromatic rings. The number of nitrogens with one attached hydrogen (secondary N) is 2. The van der Waals surface area contributed by atoms with E-state index in [1.165, 1.54) is 0 Å². The first kappa shape index (κ1) is 23.1. The number of rotatable bonds is 9. The normalized spacial score (nSPS) is 13.6. The Hall–Kier alpha value is -4.12. The molecule has 11 heteroatoms. The van der Waals surface area contributed by atoms with Gasteiger partial charge in [0.15, 0.2) is 11.5 Å². The van der Waals surface area contributed by atoms with Crippen LogP contribution in [0.15, 0.2) is 47.6 Å². The minimum Gasteiger partial charge on any atom is -0.493 e. The quantitative estimate of drug-likeness (QED) is 0.361. The number of benzene rings is 2. The lowest BCUT2D eigenvalue weighted by Gasteiger charge is -2.27. The fourth-order valence-electron chi connectivity index (χ4n) is 3.37. The summed E-state index contributed by atoms with van der Waals surface area (Å²) in [4.78, 5) is 15.6. The molecule has 11 nitrogen and oxygen atoms in total. The van der Waals surface area contributed by atoms with Gasteiger partial charge in [-0.25, -0.2) is 5.43 Å². The smallest absolute Gasteiger partial charge is 0.250 e. The predicted molar refractivity (Wildman–Crippen MR) is 130 cm³/mol. The van der Waals surface area contributed by atoms with Gasteiger partial charge in [0, 0.05) is 24.3 Å². The molecule has 1 aliphatic rings. The van der Waals surface area contributed by atoms with Crippen LogP contribution in [0.25, 0.3) is 0 Å². The first-order chi connectivity index (χ1) is 16.7. The van der Waals surface area contributed by atoms with Crippen LogP contribution in [0.2, 0.25) is 0 Å². The average molecular weight is 466 g/mol. The molecule has 2 aromatic carbocycles. The van der Waals surface area contributed by atoms with E-state index in [2.05, 4.69) is 35.7 Å². The summed E-state index contributed by atoms with van der Waals surface area (Å²) in [7, 11) is 4.69. The maximum absolute atomic E-state index is 5.45. The minimum atomic E-state index is 0.304. The average Bonchev–Trinajstić information content (AvgIpc) is 2.89. The van der Waals surface area contributed by atoms with E-state index in [0.717, 1.165) is 11.3 Å². The van der Waals surface area contributed by atoms with Gasteiger partial charge in [-0.2, -0.15) is 20.1 Å². The van der Waals surface area contributed by atoms with Crippen molar-refractivity contribution in [2.24, 2.45) is 5.10 Å². The second kappa shape index (κ2) is 11.1. The maximum Gasteiger partial charge on any atom is 0.250 e. The molecule has 1 fully saturated rings. The second-order valence-electron chi connectivity index (χ2n) is 7.20. The maximum atomic E-state index is 5.45. The van der Waals surface area contributed by atoms with Crippen LogP contribution in [0.3, 0.4) is 0 Å². The largest absolute Gasteiger partial charge is 0.493 e. The van der Waals surface area contributed by atoms with Crippen molar-refractivity contribution in [2.75, 3.05) is 63.3 Å². The third kappa shape index (κ3) is 5.62. The van der Waals surface area contributed by atoms with Crippen molar-refractivity contribution in [2.45, 2.75) is 0 Å². The molecule has 0 amide bonds. The van der Waals surface area contributed by atoms with Gasteiger partial charge >= 0.3 is 0 Å². The second-order valence-corrected chi connectivity index (χ2v) is 7.20. The number of nitrogens with zero attached hydrogens (tertiary/aromatic N) is 5. The zero-order valence-electron chi connectivity index (χ0n) is 19.3. The number of aromatic nitrogens is 3. The van der Waals surface area contributed by atoms with Gasteiger partial charge in [0.2, 0.25) is 23.6 Å². The number of methoxy groups -OCH3 is 3. The highest BCUT2D eigenvalue weighted by Crippen LogP contribution is 2.37. The summed E-state index contributed by atoms with van der Waals surface area (Å²) >= 11 is 0. The number of morpholine rings is 1. The molecular formula is C23H27N7O4. The zero-order valence-corrected chi connectivity index (χ0v) is 19.3. The van der Waals surface area contributed by atoms with Crippen LogP contribution in [0.4, 0.5) is 23.5 Å². The molecule has 0 atom stereocenters. The fraction of sp³-hybridized carbons (Fsp3) is 0.304. The van der Waals surface area contributed by atoms with Gasteiger partial charge < -0.3 is 29.2 Å². The van der Waals surface area contributed by atoms with E-state index in [0.29, 0.717) is 61.4 Å². The molecular weight excluding hydrogens is 438 g/mol. The predicted octanol–water partition coefficient (Wildman–Crippen LogP) is 2.92. The molecule has 4 rings (SSSR count). The lowest BCUT2D eigenvalue weighted by atomic mass is 10.2. The summed E-state index contributed by atoms with van der Waals surface area (Å²) in [5, 5.41) is 7.52. The van der Waals surface area contributed by atoms with Crippen LogP contribution in [-0.2, 0) is 4.74 Å². The number of hydrazone groups is 1. The zero-order chi connectivity index (χ0) is 23.8. The Morgan fingerprint density at radius 1 is 0.912 bits per heavy atom. The summed E-state index contributed by atoms with van der Waals surface area (Å²) in [5.41, 5.74) is 4.51. The molecule has 1 saturated heterocycles. The SMILES string of the molecule is COc1cc(/C=N/Nc2nc(Nc3ccccc3)nc(N3CCOCC3)n2)cc(OC)c1OC. The van der Waals surface area contributed by atoms with Crippen molar-refractivity contribution >= 4 is 29.7 Å². The molecule has 0 saturated carbocycles. The Morgan fingerprint density at radius 2 is 1.59 bits per heavy atom. The topological polar surface area (TPSA) is 115 Å². The first-order valence-electron chi connectivity index (χ1n) is 10.7. The summed E-state index contributed by atoms with van der Waals surface area (Å²) in [6.45, 7) is 2.64. The highest BCUT2D eigenvalue weighted by atomic mass is 16.5. The number of para-hydroxylation sites is 1. The van der Waals surface area contributed by atoms with Gasteiger partial charge in [-0.3, -0.25) is 0 Å². The van der Waals surface area contributed by atoms with Crippen molar-refractivity contribution in [3.63, 3.8) is 0 Å². The Balaban J connectivity index is 1.58. The minimum absolute atomic E-state index is 0.304. The van der Waals surface area contributed by atoms with Gasteiger partial charge in [0.05, 0.1) is 40.8 Å². The molecule has 0 radical (unpaired) electrons. The van der Waals surface area contributed by atoms with Crippen LogP contribution < -0.4 is 29.9 Å². The summed E-state index contributed by atoms with van der Waals surface area (Å²) < 4.78 is 21.6. The van der Waals surface area contributed by atoms with Crippen LogP contribution in [0, 0.1) is 0 Å². The van der Waals surface area contributed by atoms with Crippen LogP contribution in [-0.4, -0.2) is 68.8 Å². The van der Waals surface area contributed by atoms with Crippen molar-refractivity contribution in [3.8, 4) is 17.2 Å².